The standard InChI is InChI=1S/C12H10F3NO/c1-16-6-2-3-10-5-4-9(8-17)7-11(10)12(13,14)15/h4-5,7-8,16H,6H2,1H3. The van der Waals surface area contributed by atoms with Gasteiger partial charge in [0.25, 0.3) is 0 Å². The molecule has 1 rings (SSSR count). The van der Waals surface area contributed by atoms with Gasteiger partial charge in [0.2, 0.25) is 0 Å². The molecule has 0 heterocycles. The first-order valence-corrected chi connectivity index (χ1v) is 4.79. The molecule has 1 N–H and O–H groups in total. The van der Waals surface area contributed by atoms with Crippen LogP contribution in [0.25, 0.3) is 0 Å². The van der Waals surface area contributed by atoms with Crippen molar-refractivity contribution in [1.82, 2.24) is 5.32 Å². The molecule has 0 unspecified atom stereocenters. The smallest absolute Gasteiger partial charge is 0.309 e. The molecule has 1 aromatic carbocycles. The highest BCUT2D eigenvalue weighted by atomic mass is 19.4. The van der Waals surface area contributed by atoms with Crippen molar-refractivity contribution in [1.29, 1.82) is 0 Å². The van der Waals surface area contributed by atoms with Gasteiger partial charge in [-0.2, -0.15) is 13.2 Å². The summed E-state index contributed by atoms with van der Waals surface area (Å²) in [5.74, 6) is 4.98. The van der Waals surface area contributed by atoms with Crippen LogP contribution in [0.4, 0.5) is 13.2 Å². The van der Waals surface area contributed by atoms with Crippen LogP contribution in [0.1, 0.15) is 21.5 Å². The molecule has 1 aromatic rings. The number of hydrogen-bond donors (Lipinski definition) is 1. The zero-order chi connectivity index (χ0) is 12.9. The van der Waals surface area contributed by atoms with Crippen molar-refractivity contribution in [3.63, 3.8) is 0 Å². The fourth-order valence-corrected chi connectivity index (χ4v) is 1.21. The zero-order valence-electron chi connectivity index (χ0n) is 9.06. The molecule has 0 bridgehead atoms. The van der Waals surface area contributed by atoms with Crippen molar-refractivity contribution in [3.8, 4) is 11.8 Å². The molecular weight excluding hydrogens is 231 g/mol. The van der Waals surface area contributed by atoms with Crippen LogP contribution < -0.4 is 5.32 Å². The fraction of sp³-hybridized carbons (Fsp3) is 0.250. The Kier molecular flexibility index (Phi) is 4.30. The van der Waals surface area contributed by atoms with Gasteiger partial charge < -0.3 is 5.32 Å². The van der Waals surface area contributed by atoms with Gasteiger partial charge in [0.1, 0.15) is 6.29 Å². The lowest BCUT2D eigenvalue weighted by Gasteiger charge is -2.09. The van der Waals surface area contributed by atoms with Gasteiger partial charge in [-0.3, -0.25) is 4.79 Å². The highest BCUT2D eigenvalue weighted by molar-refractivity contribution is 5.75. The second-order valence-corrected chi connectivity index (χ2v) is 3.25. The SMILES string of the molecule is CNCC#Cc1ccc(C=O)cc1C(F)(F)F. The molecule has 0 amide bonds. The van der Waals surface area contributed by atoms with Gasteiger partial charge in [0.15, 0.2) is 0 Å². The first kappa shape index (κ1) is 13.3. The van der Waals surface area contributed by atoms with Crippen LogP contribution in [0.3, 0.4) is 0 Å². The maximum absolute atomic E-state index is 12.7. The zero-order valence-corrected chi connectivity index (χ0v) is 9.06. The molecule has 90 valence electrons. The number of alkyl halides is 3. The Balaban J connectivity index is 3.22. The van der Waals surface area contributed by atoms with Crippen LogP contribution in [0.15, 0.2) is 18.2 Å². The third-order valence-electron chi connectivity index (χ3n) is 1.97. The minimum absolute atomic E-state index is 0.0171. The van der Waals surface area contributed by atoms with Crippen LogP contribution in [-0.2, 0) is 6.18 Å². The molecular formula is C12H10F3NO. The average molecular weight is 241 g/mol. The molecule has 0 spiro atoms. The highest BCUT2D eigenvalue weighted by Gasteiger charge is 2.33. The second-order valence-electron chi connectivity index (χ2n) is 3.25. The maximum Gasteiger partial charge on any atom is 0.417 e. The lowest BCUT2D eigenvalue weighted by atomic mass is 10.0. The molecule has 0 atom stereocenters. The number of halogens is 3. The number of carbonyl (C=O) groups excluding carboxylic acids is 1. The van der Waals surface area contributed by atoms with E-state index in [0.717, 1.165) is 6.07 Å². The number of hydrogen-bond acceptors (Lipinski definition) is 2. The van der Waals surface area contributed by atoms with E-state index in [1.807, 2.05) is 0 Å². The van der Waals surface area contributed by atoms with Crippen molar-refractivity contribution in [2.45, 2.75) is 6.18 Å². The van der Waals surface area contributed by atoms with Crippen LogP contribution in [0, 0.1) is 11.8 Å². The largest absolute Gasteiger partial charge is 0.417 e. The topological polar surface area (TPSA) is 29.1 Å². The minimum Gasteiger partial charge on any atom is -0.309 e. The van der Waals surface area contributed by atoms with Crippen LogP contribution in [-0.4, -0.2) is 19.9 Å². The fourth-order valence-electron chi connectivity index (χ4n) is 1.21. The summed E-state index contributed by atoms with van der Waals surface area (Å²) in [6.07, 6.45) is -4.14. The molecule has 0 saturated heterocycles. The van der Waals surface area contributed by atoms with Gasteiger partial charge in [-0.1, -0.05) is 17.9 Å². The average Bonchev–Trinajstić information content (AvgIpc) is 2.28. The molecule has 0 aromatic heterocycles. The Labute approximate surface area is 96.8 Å². The van der Waals surface area contributed by atoms with Crippen molar-refractivity contribution in [2.75, 3.05) is 13.6 Å². The third kappa shape index (κ3) is 3.61. The van der Waals surface area contributed by atoms with Crippen molar-refractivity contribution < 1.29 is 18.0 Å². The molecule has 0 radical (unpaired) electrons. The Morgan fingerprint density at radius 2 is 2.12 bits per heavy atom. The van der Waals surface area contributed by atoms with Gasteiger partial charge in [0.05, 0.1) is 12.1 Å². The van der Waals surface area contributed by atoms with Gasteiger partial charge >= 0.3 is 6.18 Å². The van der Waals surface area contributed by atoms with E-state index in [2.05, 4.69) is 17.2 Å². The van der Waals surface area contributed by atoms with E-state index in [1.165, 1.54) is 12.1 Å². The van der Waals surface area contributed by atoms with Gasteiger partial charge in [-0.05, 0) is 19.2 Å². The molecule has 0 aliphatic carbocycles. The van der Waals surface area contributed by atoms with E-state index in [9.17, 15) is 18.0 Å². The van der Waals surface area contributed by atoms with Crippen molar-refractivity contribution in [3.05, 3.63) is 34.9 Å². The van der Waals surface area contributed by atoms with Gasteiger partial charge in [0, 0.05) is 11.1 Å². The number of carbonyl (C=O) groups is 1. The Bertz CT molecular complexity index is 469. The van der Waals surface area contributed by atoms with Crippen LogP contribution in [0.2, 0.25) is 0 Å². The van der Waals surface area contributed by atoms with E-state index in [4.69, 9.17) is 0 Å². The number of rotatable bonds is 2. The minimum atomic E-state index is -4.51. The molecule has 0 saturated carbocycles. The van der Waals surface area contributed by atoms with E-state index < -0.39 is 11.7 Å². The predicted octanol–water partition coefficient (Wildman–Crippen LogP) is 2.09. The maximum atomic E-state index is 12.7. The Morgan fingerprint density at radius 1 is 1.41 bits per heavy atom. The van der Waals surface area contributed by atoms with Gasteiger partial charge in [-0.25, -0.2) is 0 Å². The molecule has 17 heavy (non-hydrogen) atoms. The molecule has 0 aliphatic rings. The van der Waals surface area contributed by atoms with E-state index >= 15 is 0 Å². The summed E-state index contributed by atoms with van der Waals surface area (Å²) in [5, 5.41) is 2.71. The predicted molar refractivity (Wildman–Crippen MR) is 57.6 cm³/mol. The Morgan fingerprint density at radius 3 is 2.65 bits per heavy atom. The summed E-state index contributed by atoms with van der Waals surface area (Å²) in [6, 6.07) is 3.32. The molecule has 0 aliphatic heterocycles. The lowest BCUT2D eigenvalue weighted by Crippen LogP contribution is -2.09. The van der Waals surface area contributed by atoms with E-state index in [0.29, 0.717) is 12.8 Å². The lowest BCUT2D eigenvalue weighted by molar-refractivity contribution is -0.137. The van der Waals surface area contributed by atoms with Crippen LogP contribution >= 0.6 is 0 Å². The molecule has 0 fully saturated rings. The van der Waals surface area contributed by atoms with E-state index in [1.54, 1.807) is 7.05 Å². The molecule has 2 nitrogen and oxygen atoms in total. The quantitative estimate of drug-likeness (QED) is 0.634. The summed E-state index contributed by atoms with van der Waals surface area (Å²) >= 11 is 0. The summed E-state index contributed by atoms with van der Waals surface area (Å²) in [7, 11) is 1.65. The monoisotopic (exact) mass is 241 g/mol. The summed E-state index contributed by atoms with van der Waals surface area (Å²) in [5.41, 5.74) is -1.03. The summed E-state index contributed by atoms with van der Waals surface area (Å²) in [6.45, 7) is 0.298. The number of nitrogens with one attached hydrogen (secondary N) is 1. The Hall–Kier alpha value is -1.80. The number of aldehydes is 1. The highest BCUT2D eigenvalue weighted by Crippen LogP contribution is 2.32. The molecule has 5 heteroatoms. The van der Waals surface area contributed by atoms with Crippen LogP contribution in [0.5, 0.6) is 0 Å². The van der Waals surface area contributed by atoms with Gasteiger partial charge in [-0.15, -0.1) is 0 Å². The number of benzene rings is 1. The summed E-state index contributed by atoms with van der Waals surface area (Å²) < 4.78 is 38.0. The first-order chi connectivity index (χ1) is 7.99. The normalized spacial score (nSPS) is 10.6. The van der Waals surface area contributed by atoms with Crippen molar-refractivity contribution in [2.24, 2.45) is 0 Å². The summed E-state index contributed by atoms with van der Waals surface area (Å²) in [4.78, 5) is 10.4. The first-order valence-electron chi connectivity index (χ1n) is 4.79. The van der Waals surface area contributed by atoms with E-state index in [-0.39, 0.29) is 11.1 Å². The second kappa shape index (κ2) is 5.51. The third-order valence-corrected chi connectivity index (χ3v) is 1.97. The van der Waals surface area contributed by atoms with Crippen molar-refractivity contribution >= 4 is 6.29 Å².